The van der Waals surface area contributed by atoms with Crippen LogP contribution < -0.4 is 4.18 Å². The molecule has 3 aromatic carbocycles. The number of nitrogens with zero attached hydrogens (tertiary/aromatic N) is 2. The van der Waals surface area contributed by atoms with Crippen molar-refractivity contribution >= 4 is 45.2 Å². The van der Waals surface area contributed by atoms with Crippen LogP contribution in [0.1, 0.15) is 52.0 Å². The van der Waals surface area contributed by atoms with Crippen LogP contribution in [0.15, 0.2) is 77.7 Å². The highest BCUT2D eigenvalue weighted by molar-refractivity contribution is 7.87. The van der Waals surface area contributed by atoms with Gasteiger partial charge < -0.3 is 4.18 Å². The number of benzene rings is 3. The van der Waals surface area contributed by atoms with E-state index in [4.69, 9.17) is 15.8 Å². The Morgan fingerprint density at radius 3 is 2.07 bits per heavy atom. The number of hydrogen-bond acceptors (Lipinski definition) is 7. The Bertz CT molecular complexity index is 1600. The average molecular weight is 595 g/mol. The first-order chi connectivity index (χ1) is 19.6. The van der Waals surface area contributed by atoms with E-state index in [9.17, 15) is 27.6 Å². The van der Waals surface area contributed by atoms with E-state index in [0.29, 0.717) is 12.8 Å². The van der Waals surface area contributed by atoms with Crippen LogP contribution in [0, 0.1) is 18.8 Å². The van der Waals surface area contributed by atoms with Crippen LogP contribution in [0.25, 0.3) is 0 Å². The molecule has 1 aliphatic carbocycles. The number of hydrazine groups is 1. The molecule has 1 heterocycles. The first-order valence-corrected chi connectivity index (χ1v) is 14.9. The third-order valence-electron chi connectivity index (χ3n) is 7.38. The Kier molecular flexibility index (Phi) is 7.97. The van der Waals surface area contributed by atoms with Crippen molar-refractivity contribution in [2.75, 3.05) is 6.54 Å². The molecule has 2 atom stereocenters. The SMILES string of the molecule is Cc1ccc(S(=O)(=O)Oc2ccc(C(=O)CN(C(=O)c3ccccc3Cl)N3C(=O)[C@H]4CCCC[C@@H]4C3=O)cc2)cc1. The van der Waals surface area contributed by atoms with Crippen LogP contribution in [0.5, 0.6) is 5.75 Å². The zero-order valence-corrected chi connectivity index (χ0v) is 23.7. The molecule has 41 heavy (non-hydrogen) atoms. The summed E-state index contributed by atoms with van der Waals surface area (Å²) < 4.78 is 30.4. The van der Waals surface area contributed by atoms with Gasteiger partial charge in [0, 0.05) is 5.56 Å². The fraction of sp³-hybridized carbons (Fsp3) is 0.267. The molecule has 0 N–H and O–H groups in total. The molecule has 0 aromatic heterocycles. The van der Waals surface area contributed by atoms with Crippen molar-refractivity contribution in [3.05, 3.63) is 94.5 Å². The molecule has 2 fully saturated rings. The Morgan fingerprint density at radius 2 is 1.49 bits per heavy atom. The number of fused-ring (bicyclic) bond motifs is 1. The number of amides is 3. The van der Waals surface area contributed by atoms with Gasteiger partial charge in [0.25, 0.3) is 17.7 Å². The van der Waals surface area contributed by atoms with Crippen molar-refractivity contribution in [1.82, 2.24) is 10.0 Å². The third kappa shape index (κ3) is 5.75. The molecule has 3 amide bonds. The van der Waals surface area contributed by atoms with E-state index in [1.807, 2.05) is 6.92 Å². The molecular weight excluding hydrogens is 568 g/mol. The third-order valence-corrected chi connectivity index (χ3v) is 8.97. The van der Waals surface area contributed by atoms with Crippen LogP contribution in [-0.4, -0.2) is 48.5 Å². The van der Waals surface area contributed by atoms with Gasteiger partial charge in [0.2, 0.25) is 0 Å². The van der Waals surface area contributed by atoms with E-state index >= 15 is 0 Å². The maximum atomic E-state index is 13.6. The standard InChI is InChI=1S/C30H27ClN2O7S/c1-19-10-16-22(17-11-19)41(38,39)40-21-14-12-20(13-15-21)27(34)18-32(28(35)25-8-4-5-9-26(25)31)33-29(36)23-6-2-3-7-24(23)30(33)37/h4-5,8-17,23-24H,2-3,6-7,18H2,1H3/t23-,24-/m0/s1. The van der Waals surface area contributed by atoms with Gasteiger partial charge in [0.1, 0.15) is 17.2 Å². The van der Waals surface area contributed by atoms with Crippen LogP contribution in [-0.2, 0) is 19.7 Å². The van der Waals surface area contributed by atoms with E-state index in [1.54, 1.807) is 24.3 Å². The van der Waals surface area contributed by atoms with Gasteiger partial charge in [-0.3, -0.25) is 19.2 Å². The summed E-state index contributed by atoms with van der Waals surface area (Å²) in [7, 11) is -4.09. The number of rotatable bonds is 8. The number of carbonyl (C=O) groups excluding carboxylic acids is 4. The highest BCUT2D eigenvalue weighted by Crippen LogP contribution is 2.39. The minimum atomic E-state index is -4.09. The monoisotopic (exact) mass is 594 g/mol. The molecule has 1 saturated heterocycles. The molecule has 1 aliphatic heterocycles. The fourth-order valence-corrected chi connectivity index (χ4v) is 6.34. The van der Waals surface area contributed by atoms with Gasteiger partial charge in [-0.05, 0) is 68.3 Å². The molecule has 0 spiro atoms. The van der Waals surface area contributed by atoms with Crippen molar-refractivity contribution in [2.45, 2.75) is 37.5 Å². The Hall–Kier alpha value is -4.02. The van der Waals surface area contributed by atoms with E-state index in [-0.39, 0.29) is 26.8 Å². The summed E-state index contributed by atoms with van der Waals surface area (Å²) in [5, 5.41) is 1.80. The minimum absolute atomic E-state index is 0.0138. The van der Waals surface area contributed by atoms with Gasteiger partial charge in [-0.2, -0.15) is 13.4 Å². The minimum Gasteiger partial charge on any atom is -0.379 e. The molecule has 212 valence electrons. The Balaban J connectivity index is 1.39. The summed E-state index contributed by atoms with van der Waals surface area (Å²) in [6, 6.07) is 17.7. The van der Waals surface area contributed by atoms with Crippen molar-refractivity contribution in [1.29, 1.82) is 0 Å². The number of ketones is 1. The molecule has 0 unspecified atom stereocenters. The molecule has 9 nitrogen and oxygen atoms in total. The molecular formula is C30H27ClN2O7S. The van der Waals surface area contributed by atoms with Gasteiger partial charge in [-0.25, -0.2) is 5.01 Å². The number of Topliss-reactive ketones (excluding diaryl/α,β-unsaturated/α-hetero) is 1. The lowest BCUT2D eigenvalue weighted by molar-refractivity contribution is -0.154. The topological polar surface area (TPSA) is 118 Å². The zero-order valence-electron chi connectivity index (χ0n) is 22.2. The summed E-state index contributed by atoms with van der Waals surface area (Å²) in [6.45, 7) is 1.22. The number of imide groups is 1. The predicted molar refractivity (Wildman–Crippen MR) is 150 cm³/mol. The summed E-state index contributed by atoms with van der Waals surface area (Å²) in [5.41, 5.74) is 1.06. The molecule has 0 bridgehead atoms. The molecule has 0 radical (unpaired) electrons. The summed E-state index contributed by atoms with van der Waals surface area (Å²) in [5.74, 6) is -3.40. The van der Waals surface area contributed by atoms with Crippen LogP contribution in [0.2, 0.25) is 5.02 Å². The summed E-state index contributed by atoms with van der Waals surface area (Å²) in [6.07, 6.45) is 2.69. The molecule has 3 aromatic rings. The van der Waals surface area contributed by atoms with Gasteiger partial charge in [0.05, 0.1) is 22.4 Å². The average Bonchev–Trinajstić information content (AvgIpc) is 3.21. The molecule has 11 heteroatoms. The highest BCUT2D eigenvalue weighted by Gasteiger charge is 2.52. The Morgan fingerprint density at radius 1 is 0.902 bits per heavy atom. The second-order valence-corrected chi connectivity index (χ2v) is 12.1. The second-order valence-electron chi connectivity index (χ2n) is 10.1. The van der Waals surface area contributed by atoms with Crippen molar-refractivity contribution < 1.29 is 31.8 Å². The van der Waals surface area contributed by atoms with Crippen LogP contribution in [0.3, 0.4) is 0 Å². The maximum Gasteiger partial charge on any atom is 0.339 e. The molecule has 2 aliphatic rings. The Labute approximate surface area is 242 Å². The van der Waals surface area contributed by atoms with Crippen LogP contribution in [0.4, 0.5) is 0 Å². The molecule has 1 saturated carbocycles. The highest BCUT2D eigenvalue weighted by atomic mass is 35.5. The van der Waals surface area contributed by atoms with E-state index < -0.39 is 52.0 Å². The predicted octanol–water partition coefficient (Wildman–Crippen LogP) is 4.83. The normalized spacial score (nSPS) is 18.6. The fourth-order valence-electron chi connectivity index (χ4n) is 5.19. The smallest absolute Gasteiger partial charge is 0.339 e. The first kappa shape index (κ1) is 28.5. The van der Waals surface area contributed by atoms with Crippen molar-refractivity contribution in [3.63, 3.8) is 0 Å². The van der Waals surface area contributed by atoms with E-state index in [1.165, 1.54) is 48.5 Å². The largest absolute Gasteiger partial charge is 0.379 e. The van der Waals surface area contributed by atoms with Gasteiger partial charge in [-0.15, -0.1) is 0 Å². The van der Waals surface area contributed by atoms with Crippen molar-refractivity contribution in [2.24, 2.45) is 11.8 Å². The number of carbonyl (C=O) groups is 4. The lowest BCUT2D eigenvalue weighted by Crippen LogP contribution is -2.52. The van der Waals surface area contributed by atoms with Crippen molar-refractivity contribution in [3.8, 4) is 5.75 Å². The van der Waals surface area contributed by atoms with Crippen LogP contribution >= 0.6 is 11.6 Å². The van der Waals surface area contributed by atoms with Gasteiger partial charge >= 0.3 is 10.1 Å². The summed E-state index contributed by atoms with van der Waals surface area (Å²) >= 11 is 6.26. The maximum absolute atomic E-state index is 13.6. The summed E-state index contributed by atoms with van der Waals surface area (Å²) in [4.78, 5) is 53.7. The second kappa shape index (κ2) is 11.5. The first-order valence-electron chi connectivity index (χ1n) is 13.2. The quantitative estimate of drug-likeness (QED) is 0.208. The van der Waals surface area contributed by atoms with E-state index in [2.05, 4.69) is 0 Å². The number of aryl methyl sites for hydroxylation is 1. The van der Waals surface area contributed by atoms with Gasteiger partial charge in [0.15, 0.2) is 5.78 Å². The number of hydrogen-bond donors (Lipinski definition) is 0. The molecule has 5 rings (SSSR count). The van der Waals surface area contributed by atoms with E-state index in [0.717, 1.165) is 28.4 Å². The van der Waals surface area contributed by atoms with Gasteiger partial charge in [-0.1, -0.05) is 54.3 Å². The zero-order chi connectivity index (χ0) is 29.3. The number of halogens is 1. The lowest BCUT2D eigenvalue weighted by Gasteiger charge is -2.30. The lowest BCUT2D eigenvalue weighted by atomic mass is 9.81.